The zero-order valence-electron chi connectivity index (χ0n) is 46.8. The maximum Gasteiger partial charge on any atom is 0.472 e. The molecule has 0 saturated heterocycles. The first-order valence-corrected chi connectivity index (χ1v) is 31.7. The predicted octanol–water partition coefficient (Wildman–Crippen LogP) is 18.4. The summed E-state index contributed by atoms with van der Waals surface area (Å²) < 4.78 is 23.5. The van der Waals surface area contributed by atoms with Crippen LogP contribution in [0.5, 0.6) is 0 Å². The van der Waals surface area contributed by atoms with Crippen molar-refractivity contribution in [3.05, 3.63) is 24.3 Å². The van der Waals surface area contributed by atoms with E-state index in [1.165, 1.54) is 244 Å². The van der Waals surface area contributed by atoms with Crippen LogP contribution in [0.3, 0.4) is 0 Å². The highest BCUT2D eigenvalue weighted by Crippen LogP contribution is 2.43. The number of carbonyl (C=O) groups is 1. The molecule has 3 N–H and O–H groups in total. The highest BCUT2D eigenvalue weighted by Gasteiger charge is 2.27. The van der Waals surface area contributed by atoms with E-state index in [1.54, 1.807) is 6.08 Å². The molecule has 0 aliphatic carbocycles. The lowest BCUT2D eigenvalue weighted by Gasteiger charge is -2.25. The molecule has 8 nitrogen and oxygen atoms in total. The third kappa shape index (κ3) is 54.6. The molecule has 0 bridgehead atoms. The van der Waals surface area contributed by atoms with Gasteiger partial charge in [0.1, 0.15) is 13.2 Å². The van der Waals surface area contributed by atoms with Crippen LogP contribution in [0, 0.1) is 0 Å². The lowest BCUT2D eigenvalue weighted by Crippen LogP contribution is -2.45. The van der Waals surface area contributed by atoms with Crippen LogP contribution in [-0.4, -0.2) is 73.4 Å². The molecule has 3 unspecified atom stereocenters. The summed E-state index contributed by atoms with van der Waals surface area (Å²) in [5.41, 5.74) is 0. The second-order valence-electron chi connectivity index (χ2n) is 22.1. The van der Waals surface area contributed by atoms with Crippen molar-refractivity contribution in [1.29, 1.82) is 0 Å². The number of quaternary nitrogens is 1. The Bertz CT molecular complexity index is 1170. The van der Waals surface area contributed by atoms with Gasteiger partial charge in [-0.15, -0.1) is 0 Å². The van der Waals surface area contributed by atoms with E-state index in [-0.39, 0.29) is 19.1 Å². The van der Waals surface area contributed by atoms with Gasteiger partial charge in [0, 0.05) is 6.42 Å². The smallest absolute Gasteiger partial charge is 0.387 e. The molecule has 0 rings (SSSR count). The van der Waals surface area contributed by atoms with Gasteiger partial charge in [0.15, 0.2) is 0 Å². The fourth-order valence-electron chi connectivity index (χ4n) is 9.17. The lowest BCUT2D eigenvalue weighted by atomic mass is 10.0. The van der Waals surface area contributed by atoms with Gasteiger partial charge in [0.05, 0.1) is 39.9 Å². The number of allylic oxidation sites excluding steroid dienone is 3. The number of aliphatic hydroxyl groups is 1. The molecule has 0 fully saturated rings. The summed E-state index contributed by atoms with van der Waals surface area (Å²) in [6, 6.07) is -0.857. The summed E-state index contributed by atoms with van der Waals surface area (Å²) in [5.74, 6) is -0.185. The van der Waals surface area contributed by atoms with Gasteiger partial charge < -0.3 is 19.8 Å². The summed E-state index contributed by atoms with van der Waals surface area (Å²) in [7, 11) is 1.56. The number of unbranched alkanes of at least 4 members (excludes halogenated alkanes) is 41. The molecular formula is C60H120N2O6P+. The summed E-state index contributed by atoms with van der Waals surface area (Å²) in [6.07, 6.45) is 66.5. The first kappa shape index (κ1) is 68.0. The van der Waals surface area contributed by atoms with Gasteiger partial charge in [-0.3, -0.25) is 13.8 Å². The van der Waals surface area contributed by atoms with E-state index in [4.69, 9.17) is 9.05 Å². The van der Waals surface area contributed by atoms with Crippen LogP contribution in [0.4, 0.5) is 0 Å². The molecule has 0 aliphatic rings. The number of aliphatic hydroxyl groups excluding tert-OH is 1. The molecule has 410 valence electrons. The van der Waals surface area contributed by atoms with Crippen LogP contribution in [0.25, 0.3) is 0 Å². The van der Waals surface area contributed by atoms with Crippen molar-refractivity contribution >= 4 is 13.7 Å². The molecule has 0 spiro atoms. The molecule has 0 aliphatic heterocycles. The summed E-state index contributed by atoms with van der Waals surface area (Å²) in [5, 5.41) is 13.8. The van der Waals surface area contributed by atoms with Crippen molar-refractivity contribution in [1.82, 2.24) is 5.32 Å². The SMILES string of the molecule is CCCC/C=C/CC/C=C/C(O)C(COP(=O)(O)OCC[N+](C)(C)C)NC(=O)CCCCCCCCCCCCCCCCCCCCCCCCCCCCCCCCCCCCCCCCC. The monoisotopic (exact) mass is 996 g/mol. The molecular weight excluding hydrogens is 876 g/mol. The van der Waals surface area contributed by atoms with Gasteiger partial charge in [-0.2, -0.15) is 0 Å². The number of nitrogens with zero attached hydrogens (tertiary/aromatic N) is 1. The molecule has 9 heteroatoms. The maximum atomic E-state index is 12.9. The number of carbonyl (C=O) groups excluding carboxylic acids is 1. The van der Waals surface area contributed by atoms with Gasteiger partial charge in [-0.1, -0.05) is 295 Å². The van der Waals surface area contributed by atoms with E-state index >= 15 is 0 Å². The van der Waals surface area contributed by atoms with Crippen molar-refractivity contribution in [2.75, 3.05) is 40.9 Å². The number of nitrogens with one attached hydrogen (secondary N) is 1. The Hall–Kier alpha value is -1.02. The predicted molar refractivity (Wildman–Crippen MR) is 300 cm³/mol. The number of rotatable bonds is 56. The topological polar surface area (TPSA) is 105 Å². The minimum Gasteiger partial charge on any atom is -0.387 e. The van der Waals surface area contributed by atoms with Crippen molar-refractivity contribution in [3.63, 3.8) is 0 Å². The summed E-state index contributed by atoms with van der Waals surface area (Å²) in [6.45, 7) is 4.75. The van der Waals surface area contributed by atoms with Crippen molar-refractivity contribution < 1.29 is 32.9 Å². The van der Waals surface area contributed by atoms with Crippen LogP contribution in [-0.2, 0) is 18.4 Å². The van der Waals surface area contributed by atoms with E-state index < -0.39 is 20.0 Å². The zero-order valence-corrected chi connectivity index (χ0v) is 47.7. The molecule has 0 aromatic heterocycles. The van der Waals surface area contributed by atoms with Crippen molar-refractivity contribution in [2.24, 2.45) is 0 Å². The van der Waals surface area contributed by atoms with Gasteiger partial charge in [0.25, 0.3) is 0 Å². The van der Waals surface area contributed by atoms with Crippen molar-refractivity contribution in [2.45, 2.75) is 315 Å². The molecule has 0 radical (unpaired) electrons. The van der Waals surface area contributed by atoms with E-state index in [0.29, 0.717) is 17.4 Å². The Morgan fingerprint density at radius 2 is 0.797 bits per heavy atom. The van der Waals surface area contributed by atoms with Crippen LogP contribution >= 0.6 is 7.82 Å². The number of phosphoric acid groups is 1. The van der Waals surface area contributed by atoms with Crippen LogP contribution < -0.4 is 5.32 Å². The third-order valence-corrected chi connectivity index (χ3v) is 14.9. The van der Waals surface area contributed by atoms with Crippen LogP contribution in [0.1, 0.15) is 303 Å². The largest absolute Gasteiger partial charge is 0.472 e. The minimum absolute atomic E-state index is 0.0579. The third-order valence-electron chi connectivity index (χ3n) is 13.9. The molecule has 1 amide bonds. The summed E-state index contributed by atoms with van der Waals surface area (Å²) >= 11 is 0. The van der Waals surface area contributed by atoms with E-state index in [2.05, 4.69) is 31.3 Å². The molecule has 0 saturated carbocycles. The van der Waals surface area contributed by atoms with E-state index in [9.17, 15) is 19.4 Å². The molecule has 0 aromatic carbocycles. The normalized spacial score (nSPS) is 14.0. The molecule has 3 atom stereocenters. The fourth-order valence-corrected chi connectivity index (χ4v) is 9.90. The van der Waals surface area contributed by atoms with E-state index in [0.717, 1.165) is 38.5 Å². The first-order valence-electron chi connectivity index (χ1n) is 30.2. The lowest BCUT2D eigenvalue weighted by molar-refractivity contribution is -0.870. The number of hydrogen-bond donors (Lipinski definition) is 3. The Morgan fingerprint density at radius 3 is 1.14 bits per heavy atom. The fraction of sp³-hybridized carbons (Fsp3) is 0.917. The second kappa shape index (κ2) is 51.9. The van der Waals surface area contributed by atoms with Crippen molar-refractivity contribution in [3.8, 4) is 0 Å². The number of phosphoric ester groups is 1. The molecule has 0 heterocycles. The molecule has 0 aromatic rings. The van der Waals surface area contributed by atoms with Gasteiger partial charge >= 0.3 is 7.82 Å². The van der Waals surface area contributed by atoms with Gasteiger partial charge in [0.2, 0.25) is 5.91 Å². The van der Waals surface area contributed by atoms with Crippen LogP contribution in [0.2, 0.25) is 0 Å². The van der Waals surface area contributed by atoms with Gasteiger partial charge in [-0.25, -0.2) is 4.57 Å². The Balaban J connectivity index is 3.72. The number of amides is 1. The van der Waals surface area contributed by atoms with Gasteiger partial charge in [-0.05, 0) is 25.7 Å². The Morgan fingerprint density at radius 1 is 0.478 bits per heavy atom. The quantitative estimate of drug-likeness (QED) is 0.0243. The van der Waals surface area contributed by atoms with Crippen LogP contribution in [0.15, 0.2) is 24.3 Å². The Labute approximate surface area is 430 Å². The molecule has 69 heavy (non-hydrogen) atoms. The average Bonchev–Trinajstić information content (AvgIpc) is 3.31. The maximum absolute atomic E-state index is 12.9. The minimum atomic E-state index is -4.34. The summed E-state index contributed by atoms with van der Waals surface area (Å²) in [4.78, 5) is 23.1. The standard InChI is InChI=1S/C60H119N2O6P/c1-6-8-10-12-14-16-17-18-19-20-21-22-23-24-25-26-27-28-29-30-31-32-33-34-35-36-37-38-39-40-41-42-43-44-45-46-48-50-52-54-60(64)61-58(57-68-69(65,66)67-56-55-62(3,4)5)59(63)53-51-49-47-15-13-11-9-7-2/h13,15,51,53,58-59,63H,6-12,14,16-50,52,54-57H2,1-5H3,(H-,61,64,65,66)/p+1/b15-13+,53-51+. The highest BCUT2D eigenvalue weighted by atomic mass is 31.2. The van der Waals surface area contributed by atoms with E-state index in [1.807, 2.05) is 27.2 Å². The number of likely N-dealkylation sites (N-methyl/N-ethyl adjacent to an activating group) is 1. The Kier molecular flexibility index (Phi) is 51.1. The zero-order chi connectivity index (χ0) is 50.6. The second-order valence-corrected chi connectivity index (χ2v) is 23.5. The number of hydrogen-bond acceptors (Lipinski definition) is 5. The highest BCUT2D eigenvalue weighted by molar-refractivity contribution is 7.47. The average molecular weight is 997 g/mol. The first-order chi connectivity index (χ1) is 33.5.